The number of carbonyl (C=O) groups is 2. The van der Waals surface area contributed by atoms with E-state index in [1.54, 1.807) is 6.20 Å². The largest absolute Gasteiger partial charge is 0.481 e. The highest BCUT2D eigenvalue weighted by Crippen LogP contribution is 2.25. The van der Waals surface area contributed by atoms with E-state index >= 15 is 0 Å². The third kappa shape index (κ3) is 3.97. The van der Waals surface area contributed by atoms with E-state index in [0.717, 1.165) is 37.8 Å². The number of hydrogen-bond acceptors (Lipinski definition) is 3. The van der Waals surface area contributed by atoms with Gasteiger partial charge in [0.2, 0.25) is 0 Å². The Morgan fingerprint density at radius 1 is 1.33 bits per heavy atom. The van der Waals surface area contributed by atoms with Crippen LogP contribution in [0, 0.1) is 6.92 Å². The van der Waals surface area contributed by atoms with Crippen molar-refractivity contribution in [3.63, 3.8) is 0 Å². The van der Waals surface area contributed by atoms with Gasteiger partial charge in [0.1, 0.15) is 0 Å². The summed E-state index contributed by atoms with van der Waals surface area (Å²) in [5.74, 6) is -0.800. The van der Waals surface area contributed by atoms with Crippen LogP contribution in [-0.2, 0) is 4.79 Å². The van der Waals surface area contributed by atoms with Gasteiger partial charge in [-0.2, -0.15) is 5.10 Å². The van der Waals surface area contributed by atoms with Gasteiger partial charge in [0.05, 0.1) is 17.8 Å². The van der Waals surface area contributed by atoms with Gasteiger partial charge in [-0.05, 0) is 45.4 Å². The molecule has 1 N–H and O–H groups in total. The lowest BCUT2D eigenvalue weighted by atomic mass is 9.97. The highest BCUT2D eigenvalue weighted by atomic mass is 16.4. The van der Waals surface area contributed by atoms with Gasteiger partial charge in [-0.1, -0.05) is 13.8 Å². The molecule has 1 fully saturated rings. The SMILES string of the molecule is CCC(CC)n1ncc(C(=O)N2CCCCC2CCC(=O)O)c1C. The number of aliphatic carboxylic acids is 1. The normalized spacial score (nSPS) is 18.2. The molecule has 0 aliphatic carbocycles. The minimum absolute atomic E-state index is 0.000190. The van der Waals surface area contributed by atoms with Gasteiger partial charge in [0.25, 0.3) is 5.91 Å². The molecule has 1 unspecified atom stereocenters. The fraction of sp³-hybridized carbons (Fsp3) is 0.722. The summed E-state index contributed by atoms with van der Waals surface area (Å²) in [5.41, 5.74) is 1.57. The maximum absolute atomic E-state index is 13.0. The monoisotopic (exact) mass is 335 g/mol. The topological polar surface area (TPSA) is 75.4 Å². The summed E-state index contributed by atoms with van der Waals surface area (Å²) in [6, 6.07) is 0.342. The van der Waals surface area contributed by atoms with Gasteiger partial charge in [0, 0.05) is 24.7 Å². The number of nitrogens with zero attached hydrogens (tertiary/aromatic N) is 3. The van der Waals surface area contributed by atoms with Crippen LogP contribution in [0.15, 0.2) is 6.20 Å². The van der Waals surface area contributed by atoms with E-state index in [-0.39, 0.29) is 18.4 Å². The lowest BCUT2D eigenvalue weighted by molar-refractivity contribution is -0.137. The van der Waals surface area contributed by atoms with Crippen molar-refractivity contribution in [2.75, 3.05) is 6.54 Å². The van der Waals surface area contributed by atoms with Crippen LogP contribution in [-0.4, -0.2) is 44.3 Å². The molecule has 1 amide bonds. The summed E-state index contributed by atoms with van der Waals surface area (Å²) < 4.78 is 1.96. The molecule has 6 heteroatoms. The molecule has 6 nitrogen and oxygen atoms in total. The predicted molar refractivity (Wildman–Crippen MR) is 92.1 cm³/mol. The zero-order chi connectivity index (χ0) is 17.7. The number of carboxylic acids is 1. The minimum Gasteiger partial charge on any atom is -0.481 e. The molecule has 1 aromatic rings. The molecular weight excluding hydrogens is 306 g/mol. The van der Waals surface area contributed by atoms with Gasteiger partial charge in [0.15, 0.2) is 0 Å². The smallest absolute Gasteiger partial charge is 0.303 e. The summed E-state index contributed by atoms with van der Waals surface area (Å²) in [6.45, 7) is 6.92. The number of amides is 1. The Balaban J connectivity index is 2.18. The predicted octanol–water partition coefficient (Wildman–Crippen LogP) is 3.41. The van der Waals surface area contributed by atoms with Gasteiger partial charge < -0.3 is 10.0 Å². The molecule has 0 aromatic carbocycles. The standard InChI is InChI=1S/C18H29N3O3/c1-4-14(5-2)21-13(3)16(12-19-21)18(24)20-11-7-6-8-15(20)9-10-17(22)23/h12,14-15H,4-11H2,1-3H3,(H,22,23). The van der Waals surface area contributed by atoms with Crippen LogP contribution >= 0.6 is 0 Å². The van der Waals surface area contributed by atoms with Crippen molar-refractivity contribution >= 4 is 11.9 Å². The highest BCUT2D eigenvalue weighted by molar-refractivity contribution is 5.95. The molecule has 0 spiro atoms. The molecule has 2 rings (SSSR count). The number of carbonyl (C=O) groups excluding carboxylic acids is 1. The van der Waals surface area contributed by atoms with E-state index in [0.29, 0.717) is 24.6 Å². The fourth-order valence-corrected chi connectivity index (χ4v) is 3.65. The fourth-order valence-electron chi connectivity index (χ4n) is 3.65. The van der Waals surface area contributed by atoms with Gasteiger partial charge in [-0.3, -0.25) is 14.3 Å². The van der Waals surface area contributed by atoms with E-state index in [1.165, 1.54) is 0 Å². The molecule has 134 valence electrons. The highest BCUT2D eigenvalue weighted by Gasteiger charge is 2.30. The van der Waals surface area contributed by atoms with Crippen molar-refractivity contribution in [1.82, 2.24) is 14.7 Å². The van der Waals surface area contributed by atoms with Crippen molar-refractivity contribution in [3.05, 3.63) is 17.5 Å². The third-order valence-electron chi connectivity index (χ3n) is 5.14. The Hall–Kier alpha value is -1.85. The van der Waals surface area contributed by atoms with E-state index < -0.39 is 5.97 Å². The molecule has 2 heterocycles. The summed E-state index contributed by atoms with van der Waals surface area (Å²) in [7, 11) is 0. The molecule has 0 bridgehead atoms. The van der Waals surface area contributed by atoms with Crippen LogP contribution in [0.1, 0.15) is 80.9 Å². The first kappa shape index (κ1) is 18.5. The van der Waals surface area contributed by atoms with Crippen LogP contribution in [0.4, 0.5) is 0 Å². The Morgan fingerprint density at radius 2 is 2.04 bits per heavy atom. The molecule has 1 aliphatic heterocycles. The summed E-state index contributed by atoms with van der Waals surface area (Å²) >= 11 is 0. The molecular formula is C18H29N3O3. The maximum Gasteiger partial charge on any atom is 0.303 e. The van der Waals surface area contributed by atoms with Gasteiger partial charge >= 0.3 is 5.97 Å². The first-order chi connectivity index (χ1) is 11.5. The average molecular weight is 335 g/mol. The second kappa shape index (κ2) is 8.31. The minimum atomic E-state index is -0.800. The van der Waals surface area contributed by atoms with E-state index in [2.05, 4.69) is 18.9 Å². The zero-order valence-corrected chi connectivity index (χ0v) is 15.0. The van der Waals surface area contributed by atoms with Crippen LogP contribution in [0.5, 0.6) is 0 Å². The lowest BCUT2D eigenvalue weighted by Gasteiger charge is -2.35. The molecule has 0 radical (unpaired) electrons. The van der Waals surface area contributed by atoms with E-state index in [9.17, 15) is 9.59 Å². The quantitative estimate of drug-likeness (QED) is 0.828. The number of carboxylic acid groups (broad SMARTS) is 1. The molecule has 1 aromatic heterocycles. The summed E-state index contributed by atoms with van der Waals surface area (Å²) in [6.07, 6.45) is 7.21. The van der Waals surface area contributed by atoms with Crippen molar-refractivity contribution in [3.8, 4) is 0 Å². The van der Waals surface area contributed by atoms with Crippen LogP contribution in [0.3, 0.4) is 0 Å². The van der Waals surface area contributed by atoms with Crippen LogP contribution in [0.2, 0.25) is 0 Å². The van der Waals surface area contributed by atoms with E-state index in [1.807, 2.05) is 16.5 Å². The van der Waals surface area contributed by atoms with Crippen molar-refractivity contribution < 1.29 is 14.7 Å². The summed E-state index contributed by atoms with van der Waals surface area (Å²) in [5, 5.41) is 13.4. The number of rotatable bonds is 7. The van der Waals surface area contributed by atoms with Crippen LogP contribution < -0.4 is 0 Å². The van der Waals surface area contributed by atoms with Crippen LogP contribution in [0.25, 0.3) is 0 Å². The number of aromatic nitrogens is 2. The summed E-state index contributed by atoms with van der Waals surface area (Å²) in [4.78, 5) is 25.8. The Labute approximate surface area is 143 Å². The molecule has 1 saturated heterocycles. The Morgan fingerprint density at radius 3 is 2.67 bits per heavy atom. The van der Waals surface area contributed by atoms with Crippen molar-refractivity contribution in [2.45, 2.75) is 77.8 Å². The molecule has 0 saturated carbocycles. The van der Waals surface area contributed by atoms with Gasteiger partial charge in [-0.25, -0.2) is 0 Å². The average Bonchev–Trinajstić information content (AvgIpc) is 2.95. The first-order valence-electron chi connectivity index (χ1n) is 9.06. The molecule has 1 aliphatic rings. The number of piperidine rings is 1. The second-order valence-electron chi connectivity index (χ2n) is 6.64. The van der Waals surface area contributed by atoms with E-state index in [4.69, 9.17) is 5.11 Å². The number of hydrogen-bond donors (Lipinski definition) is 1. The first-order valence-corrected chi connectivity index (χ1v) is 9.06. The zero-order valence-electron chi connectivity index (χ0n) is 15.0. The Bertz CT molecular complexity index is 578. The molecule has 24 heavy (non-hydrogen) atoms. The van der Waals surface area contributed by atoms with Crippen molar-refractivity contribution in [2.24, 2.45) is 0 Å². The van der Waals surface area contributed by atoms with Crippen molar-refractivity contribution in [1.29, 1.82) is 0 Å². The maximum atomic E-state index is 13.0. The second-order valence-corrected chi connectivity index (χ2v) is 6.64. The molecule has 1 atom stereocenters. The Kier molecular flexibility index (Phi) is 6.40. The lowest BCUT2D eigenvalue weighted by Crippen LogP contribution is -2.44. The van der Waals surface area contributed by atoms with Gasteiger partial charge in [-0.15, -0.1) is 0 Å². The number of likely N-dealkylation sites (tertiary alicyclic amines) is 1. The third-order valence-corrected chi connectivity index (χ3v) is 5.14.